The van der Waals surface area contributed by atoms with Gasteiger partial charge in [0.25, 0.3) is 0 Å². The zero-order valence-electron chi connectivity index (χ0n) is 12.3. The summed E-state index contributed by atoms with van der Waals surface area (Å²) in [5, 5.41) is 9.53. The van der Waals surface area contributed by atoms with Gasteiger partial charge in [-0.1, -0.05) is 31.9 Å². The Labute approximate surface area is 121 Å². The quantitative estimate of drug-likeness (QED) is 0.890. The van der Waals surface area contributed by atoms with Gasteiger partial charge in [0, 0.05) is 0 Å². The normalized spacial score (nSPS) is 24.1. The summed E-state index contributed by atoms with van der Waals surface area (Å²) in [4.78, 5) is 11.6. The fourth-order valence-electron chi connectivity index (χ4n) is 3.16. The van der Waals surface area contributed by atoms with E-state index in [-0.39, 0.29) is 5.92 Å². The lowest BCUT2D eigenvalue weighted by Gasteiger charge is -2.30. The molecule has 0 amide bonds. The molecule has 3 nitrogen and oxygen atoms in total. The number of ether oxygens (including phenoxy) is 1. The van der Waals surface area contributed by atoms with Crippen molar-refractivity contribution < 1.29 is 14.6 Å². The molecular weight excluding hydrogens is 252 g/mol. The Hall–Kier alpha value is -1.51. The highest BCUT2D eigenvalue weighted by Crippen LogP contribution is 2.35. The van der Waals surface area contributed by atoms with E-state index < -0.39 is 5.97 Å². The summed E-state index contributed by atoms with van der Waals surface area (Å²) in [6.45, 7) is 2.26. The number of hydrogen-bond acceptors (Lipinski definition) is 2. The van der Waals surface area contributed by atoms with Crippen molar-refractivity contribution in [3.8, 4) is 5.75 Å². The van der Waals surface area contributed by atoms with Gasteiger partial charge >= 0.3 is 5.97 Å². The van der Waals surface area contributed by atoms with Crippen LogP contribution < -0.4 is 4.74 Å². The molecule has 0 aromatic heterocycles. The number of carboxylic acid groups (broad SMARTS) is 1. The van der Waals surface area contributed by atoms with Crippen molar-refractivity contribution >= 4 is 5.97 Å². The highest BCUT2D eigenvalue weighted by atomic mass is 16.5. The van der Waals surface area contributed by atoms with E-state index in [0.29, 0.717) is 12.3 Å². The number of carbonyl (C=O) groups is 1. The highest BCUT2D eigenvalue weighted by Gasteiger charge is 2.31. The van der Waals surface area contributed by atoms with E-state index >= 15 is 0 Å². The zero-order chi connectivity index (χ0) is 14.5. The van der Waals surface area contributed by atoms with Gasteiger partial charge in [-0.25, -0.2) is 0 Å². The van der Waals surface area contributed by atoms with Crippen molar-refractivity contribution in [3.63, 3.8) is 0 Å². The van der Waals surface area contributed by atoms with Crippen LogP contribution in [0.5, 0.6) is 5.75 Å². The third kappa shape index (κ3) is 3.75. The molecule has 0 bridgehead atoms. The van der Waals surface area contributed by atoms with Gasteiger partial charge in [-0.05, 0) is 48.8 Å². The molecule has 1 aliphatic carbocycles. The van der Waals surface area contributed by atoms with Crippen molar-refractivity contribution in [2.75, 3.05) is 7.11 Å². The number of hydrogen-bond donors (Lipinski definition) is 1. The van der Waals surface area contributed by atoms with Gasteiger partial charge in [0.05, 0.1) is 13.0 Å². The molecule has 110 valence electrons. The van der Waals surface area contributed by atoms with E-state index in [1.165, 1.54) is 0 Å². The summed E-state index contributed by atoms with van der Waals surface area (Å²) in [6.07, 6.45) is 5.05. The topological polar surface area (TPSA) is 46.5 Å². The average molecular weight is 276 g/mol. The van der Waals surface area contributed by atoms with Gasteiger partial charge in [0.2, 0.25) is 0 Å². The van der Waals surface area contributed by atoms with E-state index in [1.807, 2.05) is 24.3 Å². The third-order valence-electron chi connectivity index (χ3n) is 4.56. The molecule has 0 aliphatic heterocycles. The van der Waals surface area contributed by atoms with Gasteiger partial charge in [-0.3, -0.25) is 4.79 Å². The molecule has 1 unspecified atom stereocenters. The van der Waals surface area contributed by atoms with Gasteiger partial charge in [-0.2, -0.15) is 0 Å². The molecule has 1 aliphatic rings. The maximum absolute atomic E-state index is 11.6. The minimum absolute atomic E-state index is 0.254. The predicted octanol–water partition coefficient (Wildman–Crippen LogP) is 3.76. The molecule has 1 aromatic rings. The molecule has 2 rings (SSSR count). The molecular formula is C17H24O3. The van der Waals surface area contributed by atoms with E-state index in [4.69, 9.17) is 4.74 Å². The van der Waals surface area contributed by atoms with Crippen LogP contribution in [-0.4, -0.2) is 18.2 Å². The minimum Gasteiger partial charge on any atom is -0.497 e. The molecule has 1 aromatic carbocycles. The first-order chi connectivity index (χ1) is 9.60. The predicted molar refractivity (Wildman–Crippen MR) is 78.9 cm³/mol. The van der Waals surface area contributed by atoms with Gasteiger partial charge < -0.3 is 9.84 Å². The summed E-state index contributed by atoms with van der Waals surface area (Å²) >= 11 is 0. The van der Waals surface area contributed by atoms with Crippen LogP contribution in [0, 0.1) is 17.8 Å². The van der Waals surface area contributed by atoms with Gasteiger partial charge in [0.15, 0.2) is 0 Å². The van der Waals surface area contributed by atoms with E-state index in [0.717, 1.165) is 42.9 Å². The molecule has 1 saturated carbocycles. The second-order valence-corrected chi connectivity index (χ2v) is 6.02. The smallest absolute Gasteiger partial charge is 0.307 e. The van der Waals surface area contributed by atoms with Crippen LogP contribution in [0.15, 0.2) is 24.3 Å². The van der Waals surface area contributed by atoms with E-state index in [9.17, 15) is 9.90 Å². The SMILES string of the molecule is COc1ccc(CC(C(=O)O)C2CCC(C)CC2)cc1. The van der Waals surface area contributed by atoms with Crippen molar-refractivity contribution in [2.24, 2.45) is 17.8 Å². The lowest BCUT2D eigenvalue weighted by atomic mass is 9.74. The Balaban J connectivity index is 2.03. The van der Waals surface area contributed by atoms with Crippen LogP contribution in [0.25, 0.3) is 0 Å². The van der Waals surface area contributed by atoms with Gasteiger partial charge in [0.1, 0.15) is 5.75 Å². The van der Waals surface area contributed by atoms with Gasteiger partial charge in [-0.15, -0.1) is 0 Å². The van der Waals surface area contributed by atoms with Crippen molar-refractivity contribution in [1.82, 2.24) is 0 Å². The first-order valence-corrected chi connectivity index (χ1v) is 7.46. The number of aliphatic carboxylic acids is 1. The van der Waals surface area contributed by atoms with Crippen molar-refractivity contribution in [1.29, 1.82) is 0 Å². The maximum Gasteiger partial charge on any atom is 0.307 e. The zero-order valence-corrected chi connectivity index (χ0v) is 12.3. The number of rotatable bonds is 5. The molecule has 0 heterocycles. The molecule has 0 saturated heterocycles. The fraction of sp³-hybridized carbons (Fsp3) is 0.588. The number of benzene rings is 1. The molecule has 3 heteroatoms. The standard InChI is InChI=1S/C17H24O3/c1-12-3-7-14(8-4-12)16(17(18)19)11-13-5-9-15(20-2)10-6-13/h5-6,9-10,12,14,16H,3-4,7-8,11H2,1-2H3,(H,18,19). The fourth-order valence-corrected chi connectivity index (χ4v) is 3.16. The van der Waals surface area contributed by atoms with Crippen LogP contribution >= 0.6 is 0 Å². The molecule has 1 N–H and O–H groups in total. The van der Waals surface area contributed by atoms with Crippen LogP contribution in [0.1, 0.15) is 38.2 Å². The largest absolute Gasteiger partial charge is 0.497 e. The minimum atomic E-state index is -0.652. The molecule has 1 atom stereocenters. The summed E-state index contributed by atoms with van der Waals surface area (Å²) in [5.41, 5.74) is 1.08. The maximum atomic E-state index is 11.6. The Kier molecular flexibility index (Phi) is 5.05. The van der Waals surface area contributed by atoms with E-state index in [1.54, 1.807) is 7.11 Å². The lowest BCUT2D eigenvalue weighted by Crippen LogP contribution is -2.28. The Morgan fingerprint density at radius 2 is 1.85 bits per heavy atom. The molecule has 0 radical (unpaired) electrons. The van der Waals surface area contributed by atoms with E-state index in [2.05, 4.69) is 6.92 Å². The Bertz CT molecular complexity index is 430. The second-order valence-electron chi connectivity index (χ2n) is 6.02. The third-order valence-corrected chi connectivity index (χ3v) is 4.56. The highest BCUT2D eigenvalue weighted by molar-refractivity contribution is 5.70. The average Bonchev–Trinajstić information content (AvgIpc) is 2.46. The molecule has 20 heavy (non-hydrogen) atoms. The second kappa shape index (κ2) is 6.78. The number of methoxy groups -OCH3 is 1. The summed E-state index contributed by atoms with van der Waals surface area (Å²) in [5.74, 6) is 0.982. The molecule has 0 spiro atoms. The summed E-state index contributed by atoms with van der Waals surface area (Å²) < 4.78 is 5.13. The van der Waals surface area contributed by atoms with Crippen molar-refractivity contribution in [2.45, 2.75) is 39.0 Å². The lowest BCUT2D eigenvalue weighted by molar-refractivity contribution is -0.144. The molecule has 1 fully saturated rings. The summed E-state index contributed by atoms with van der Waals surface area (Å²) in [6, 6.07) is 7.74. The van der Waals surface area contributed by atoms with Crippen LogP contribution in [0.4, 0.5) is 0 Å². The monoisotopic (exact) mass is 276 g/mol. The van der Waals surface area contributed by atoms with Crippen LogP contribution in [0.2, 0.25) is 0 Å². The first kappa shape index (κ1) is 14.9. The Morgan fingerprint density at radius 3 is 2.35 bits per heavy atom. The Morgan fingerprint density at radius 1 is 1.25 bits per heavy atom. The first-order valence-electron chi connectivity index (χ1n) is 7.46. The van der Waals surface area contributed by atoms with Crippen molar-refractivity contribution in [3.05, 3.63) is 29.8 Å². The number of carboxylic acids is 1. The summed E-state index contributed by atoms with van der Waals surface area (Å²) in [7, 11) is 1.64. The van der Waals surface area contributed by atoms with Crippen LogP contribution in [-0.2, 0) is 11.2 Å². The van der Waals surface area contributed by atoms with Crippen LogP contribution in [0.3, 0.4) is 0 Å².